The number of hydrogen-bond donors (Lipinski definition) is 2. The third-order valence-electron chi connectivity index (χ3n) is 3.15. The maximum Gasteiger partial charge on any atom is 0.292 e. The quantitative estimate of drug-likeness (QED) is 0.489. The fourth-order valence-electron chi connectivity index (χ4n) is 2.08. The Morgan fingerprint density at radius 2 is 1.95 bits per heavy atom. The molecule has 1 fully saturated rings. The van der Waals surface area contributed by atoms with Crippen molar-refractivity contribution in [1.29, 1.82) is 0 Å². The molecule has 2 rings (SSSR count). The van der Waals surface area contributed by atoms with Gasteiger partial charge in [-0.2, -0.15) is 0 Å². The van der Waals surface area contributed by atoms with Gasteiger partial charge in [0.25, 0.3) is 5.69 Å². The Hall–Kier alpha value is -1.83. The minimum Gasteiger partial charge on any atom is -0.393 e. The smallest absolute Gasteiger partial charge is 0.292 e. The molecule has 1 aromatic rings. The first-order chi connectivity index (χ1) is 8.87. The van der Waals surface area contributed by atoms with E-state index in [2.05, 4.69) is 5.32 Å². The molecule has 1 aliphatic rings. The van der Waals surface area contributed by atoms with Gasteiger partial charge in [0, 0.05) is 17.8 Å². The van der Waals surface area contributed by atoms with Crippen molar-refractivity contribution in [1.82, 2.24) is 0 Å². The van der Waals surface area contributed by atoms with Crippen LogP contribution in [0, 0.1) is 10.1 Å². The predicted molar refractivity (Wildman–Crippen MR) is 72.8 cm³/mol. The van der Waals surface area contributed by atoms with Crippen LogP contribution in [-0.4, -0.2) is 30.9 Å². The van der Waals surface area contributed by atoms with Gasteiger partial charge in [0.2, 0.25) is 0 Å². The van der Waals surface area contributed by atoms with Gasteiger partial charge in [-0.1, -0.05) is 0 Å². The standard InChI is InChI=1S/C11H15N3O4S/c12-10-7-9(1-2-11(10)14(15)16)13-8-3-5-19(17,18)6-4-8/h1-2,7-8,13H,3-6,12H2. The van der Waals surface area contributed by atoms with Gasteiger partial charge >= 0.3 is 0 Å². The van der Waals surface area contributed by atoms with Gasteiger partial charge in [0.1, 0.15) is 15.5 Å². The summed E-state index contributed by atoms with van der Waals surface area (Å²) < 4.78 is 22.6. The van der Waals surface area contributed by atoms with Crippen molar-refractivity contribution in [2.24, 2.45) is 0 Å². The lowest BCUT2D eigenvalue weighted by atomic mass is 10.1. The number of benzene rings is 1. The van der Waals surface area contributed by atoms with E-state index >= 15 is 0 Å². The number of sulfone groups is 1. The average Bonchev–Trinajstić information content (AvgIpc) is 2.31. The molecule has 7 nitrogen and oxygen atoms in total. The minimum atomic E-state index is -2.89. The number of nitro benzene ring substituents is 1. The average molecular weight is 285 g/mol. The largest absolute Gasteiger partial charge is 0.393 e. The van der Waals surface area contributed by atoms with E-state index in [1.54, 1.807) is 6.07 Å². The zero-order valence-corrected chi connectivity index (χ0v) is 11.0. The lowest BCUT2D eigenvalue weighted by molar-refractivity contribution is -0.383. The van der Waals surface area contributed by atoms with E-state index in [4.69, 9.17) is 5.73 Å². The monoisotopic (exact) mass is 285 g/mol. The molecular weight excluding hydrogens is 270 g/mol. The molecule has 0 aliphatic carbocycles. The van der Waals surface area contributed by atoms with E-state index in [1.165, 1.54) is 12.1 Å². The predicted octanol–water partition coefficient (Wildman–Crippen LogP) is 1.17. The molecule has 8 heteroatoms. The third-order valence-corrected chi connectivity index (χ3v) is 4.87. The highest BCUT2D eigenvalue weighted by Crippen LogP contribution is 2.26. The molecule has 0 bridgehead atoms. The van der Waals surface area contributed by atoms with Gasteiger partial charge in [-0.05, 0) is 25.0 Å². The van der Waals surface area contributed by atoms with Crippen molar-refractivity contribution in [2.75, 3.05) is 22.6 Å². The fraction of sp³-hybridized carbons (Fsp3) is 0.455. The summed E-state index contributed by atoms with van der Waals surface area (Å²) in [6, 6.07) is 4.49. The molecule has 1 aromatic carbocycles. The Morgan fingerprint density at radius 1 is 1.32 bits per heavy atom. The van der Waals surface area contributed by atoms with Crippen molar-refractivity contribution in [3.63, 3.8) is 0 Å². The van der Waals surface area contributed by atoms with Crippen LogP contribution < -0.4 is 11.1 Å². The summed E-state index contributed by atoms with van der Waals surface area (Å²) >= 11 is 0. The molecule has 0 aromatic heterocycles. The number of hydrogen-bond acceptors (Lipinski definition) is 6. The first-order valence-electron chi connectivity index (χ1n) is 5.88. The molecule has 0 radical (unpaired) electrons. The Morgan fingerprint density at radius 3 is 2.47 bits per heavy atom. The maximum absolute atomic E-state index is 11.3. The molecule has 1 heterocycles. The van der Waals surface area contributed by atoms with Crippen LogP contribution in [-0.2, 0) is 9.84 Å². The van der Waals surface area contributed by atoms with Gasteiger partial charge in [0.15, 0.2) is 0 Å². The fourth-order valence-corrected chi connectivity index (χ4v) is 3.57. The van der Waals surface area contributed by atoms with Crippen molar-refractivity contribution in [2.45, 2.75) is 18.9 Å². The van der Waals surface area contributed by atoms with Crippen LogP contribution in [0.1, 0.15) is 12.8 Å². The molecule has 19 heavy (non-hydrogen) atoms. The van der Waals surface area contributed by atoms with Gasteiger partial charge in [-0.15, -0.1) is 0 Å². The topological polar surface area (TPSA) is 115 Å². The van der Waals surface area contributed by atoms with Crippen LogP contribution in [0.25, 0.3) is 0 Å². The highest BCUT2D eigenvalue weighted by atomic mass is 32.2. The van der Waals surface area contributed by atoms with Crippen LogP contribution in [0.15, 0.2) is 18.2 Å². The molecule has 0 atom stereocenters. The van der Waals surface area contributed by atoms with Gasteiger partial charge in [-0.25, -0.2) is 8.42 Å². The lowest BCUT2D eigenvalue weighted by Crippen LogP contribution is -2.32. The van der Waals surface area contributed by atoms with Crippen molar-refractivity contribution >= 4 is 26.9 Å². The Kier molecular flexibility index (Phi) is 3.61. The van der Waals surface area contributed by atoms with Gasteiger partial charge in [0.05, 0.1) is 16.4 Å². The van der Waals surface area contributed by atoms with Crippen LogP contribution in [0.5, 0.6) is 0 Å². The van der Waals surface area contributed by atoms with Gasteiger partial charge < -0.3 is 11.1 Å². The Bertz CT molecular complexity index is 586. The summed E-state index contributed by atoms with van der Waals surface area (Å²) in [4.78, 5) is 10.1. The summed E-state index contributed by atoms with van der Waals surface area (Å²) in [6.45, 7) is 0. The number of nitrogen functional groups attached to an aromatic ring is 1. The van der Waals surface area contributed by atoms with E-state index in [0.717, 1.165) is 0 Å². The molecule has 0 saturated carbocycles. The van der Waals surface area contributed by atoms with Crippen molar-refractivity contribution in [3.8, 4) is 0 Å². The first-order valence-corrected chi connectivity index (χ1v) is 7.70. The van der Waals surface area contributed by atoms with Gasteiger partial charge in [-0.3, -0.25) is 10.1 Å². The molecule has 0 spiro atoms. The van der Waals surface area contributed by atoms with Crippen LogP contribution in [0.4, 0.5) is 17.1 Å². The normalized spacial score (nSPS) is 18.9. The molecule has 1 aliphatic heterocycles. The van der Waals surface area contributed by atoms with Crippen LogP contribution in [0.3, 0.4) is 0 Å². The zero-order valence-electron chi connectivity index (χ0n) is 10.2. The molecular formula is C11H15N3O4S. The van der Waals surface area contributed by atoms with E-state index in [0.29, 0.717) is 18.5 Å². The minimum absolute atomic E-state index is 0.0596. The molecule has 0 unspecified atom stereocenters. The number of nitrogens with zero attached hydrogens (tertiary/aromatic N) is 1. The van der Waals surface area contributed by atoms with E-state index in [1.807, 2.05) is 0 Å². The number of anilines is 2. The Balaban J connectivity index is 2.04. The third kappa shape index (κ3) is 3.34. The second-order valence-electron chi connectivity index (χ2n) is 4.60. The SMILES string of the molecule is Nc1cc(NC2CCS(=O)(=O)CC2)ccc1[N+](=O)[O-]. The second kappa shape index (κ2) is 5.04. The summed E-state index contributed by atoms with van der Waals surface area (Å²) in [6.07, 6.45) is 1.08. The number of nitrogens with one attached hydrogen (secondary N) is 1. The molecule has 0 amide bonds. The lowest BCUT2D eigenvalue weighted by Gasteiger charge is -2.24. The highest BCUT2D eigenvalue weighted by molar-refractivity contribution is 7.91. The molecule has 1 saturated heterocycles. The number of nitrogens with two attached hydrogens (primary N) is 1. The second-order valence-corrected chi connectivity index (χ2v) is 6.90. The molecule has 3 N–H and O–H groups in total. The zero-order chi connectivity index (χ0) is 14.0. The van der Waals surface area contributed by atoms with E-state index < -0.39 is 14.8 Å². The number of rotatable bonds is 3. The first kappa shape index (κ1) is 13.6. The van der Waals surface area contributed by atoms with Crippen LogP contribution in [0.2, 0.25) is 0 Å². The summed E-state index contributed by atoms with van der Waals surface area (Å²) in [5.74, 6) is 0.347. The summed E-state index contributed by atoms with van der Waals surface area (Å²) in [7, 11) is -2.89. The maximum atomic E-state index is 11.3. The van der Waals surface area contributed by atoms with Crippen LogP contribution >= 0.6 is 0 Å². The van der Waals surface area contributed by atoms with Crippen molar-refractivity contribution < 1.29 is 13.3 Å². The summed E-state index contributed by atoms with van der Waals surface area (Å²) in [5, 5.41) is 13.8. The highest BCUT2D eigenvalue weighted by Gasteiger charge is 2.23. The van der Waals surface area contributed by atoms with Crippen molar-refractivity contribution in [3.05, 3.63) is 28.3 Å². The number of nitro groups is 1. The summed E-state index contributed by atoms with van der Waals surface area (Å²) in [5.41, 5.74) is 6.23. The Labute approximate surface area is 110 Å². The van der Waals surface area contributed by atoms with E-state index in [9.17, 15) is 18.5 Å². The van der Waals surface area contributed by atoms with E-state index in [-0.39, 0.29) is 28.9 Å². The molecule has 104 valence electrons.